The fourth-order valence-corrected chi connectivity index (χ4v) is 3.80. The summed E-state index contributed by atoms with van der Waals surface area (Å²) in [5.41, 5.74) is 2.63. The van der Waals surface area contributed by atoms with Crippen molar-refractivity contribution < 1.29 is 28.8 Å². The highest BCUT2D eigenvalue weighted by molar-refractivity contribution is 9.10. The number of non-ortho nitro benzene ring substituents is 1. The lowest BCUT2D eigenvalue weighted by molar-refractivity contribution is -0.384. The molecular formula is C22H22BrN3O7. The van der Waals surface area contributed by atoms with Crippen LogP contribution in [0, 0.1) is 29.9 Å². The van der Waals surface area contributed by atoms with Crippen molar-refractivity contribution in [2.45, 2.75) is 20.3 Å². The number of amides is 2. The van der Waals surface area contributed by atoms with E-state index in [4.69, 9.17) is 9.47 Å². The standard InChI is InChI=1S/C22H22BrN3O7/c1-12-6-15(7-13(2)21(12)23)24-19(27)11-33-22(29)14-8-20(28)25(10-14)17-5-4-16(26(30)31)9-18(17)32-3/h4-7,9,14H,8,10-11H2,1-3H3,(H,24,27)/t14-/m0/s1. The Kier molecular flexibility index (Phi) is 7.32. The zero-order chi connectivity index (χ0) is 24.3. The van der Waals surface area contributed by atoms with Crippen LogP contribution in [0.3, 0.4) is 0 Å². The number of esters is 1. The number of rotatable bonds is 7. The van der Waals surface area contributed by atoms with Crippen molar-refractivity contribution in [1.29, 1.82) is 0 Å². The topological polar surface area (TPSA) is 128 Å². The van der Waals surface area contributed by atoms with Crippen molar-refractivity contribution in [2.75, 3.05) is 30.5 Å². The van der Waals surface area contributed by atoms with Crippen LogP contribution in [0.4, 0.5) is 17.1 Å². The normalized spacial score (nSPS) is 15.3. The lowest BCUT2D eigenvalue weighted by atomic mass is 10.1. The highest BCUT2D eigenvalue weighted by Gasteiger charge is 2.37. The van der Waals surface area contributed by atoms with E-state index in [0.29, 0.717) is 11.4 Å². The molecule has 10 nitrogen and oxygen atoms in total. The molecule has 1 fully saturated rings. The van der Waals surface area contributed by atoms with Gasteiger partial charge in [0.2, 0.25) is 5.91 Å². The van der Waals surface area contributed by atoms with Gasteiger partial charge in [-0.05, 0) is 43.2 Å². The van der Waals surface area contributed by atoms with E-state index in [1.54, 1.807) is 12.1 Å². The number of benzene rings is 2. The van der Waals surface area contributed by atoms with Crippen LogP contribution in [0.15, 0.2) is 34.8 Å². The van der Waals surface area contributed by atoms with Gasteiger partial charge < -0.3 is 19.7 Å². The molecular weight excluding hydrogens is 498 g/mol. The minimum absolute atomic E-state index is 0.0125. The number of nitrogens with one attached hydrogen (secondary N) is 1. The van der Waals surface area contributed by atoms with Gasteiger partial charge in [0.05, 0.1) is 29.7 Å². The Bertz CT molecular complexity index is 1110. The van der Waals surface area contributed by atoms with Crippen LogP contribution in [0.1, 0.15) is 17.5 Å². The fourth-order valence-electron chi connectivity index (χ4n) is 3.57. The second-order valence-electron chi connectivity index (χ2n) is 7.60. The first kappa shape index (κ1) is 24.2. The molecule has 0 saturated carbocycles. The summed E-state index contributed by atoms with van der Waals surface area (Å²) in [5, 5.41) is 13.7. The van der Waals surface area contributed by atoms with Crippen LogP contribution in [-0.2, 0) is 19.1 Å². The minimum Gasteiger partial charge on any atom is -0.494 e. The summed E-state index contributed by atoms with van der Waals surface area (Å²) in [4.78, 5) is 48.9. The van der Waals surface area contributed by atoms with E-state index < -0.39 is 29.3 Å². The quantitative estimate of drug-likeness (QED) is 0.336. The predicted octanol–water partition coefficient (Wildman–Crippen LogP) is 3.52. The Labute approximate surface area is 198 Å². The lowest BCUT2D eigenvalue weighted by Crippen LogP contribution is -2.28. The number of nitro benzene ring substituents is 1. The molecule has 1 aliphatic rings. The predicted molar refractivity (Wildman–Crippen MR) is 123 cm³/mol. The number of hydrogen-bond acceptors (Lipinski definition) is 7. The van der Waals surface area contributed by atoms with Crippen molar-refractivity contribution in [1.82, 2.24) is 0 Å². The molecule has 33 heavy (non-hydrogen) atoms. The number of hydrogen-bond donors (Lipinski definition) is 1. The number of ether oxygens (including phenoxy) is 2. The molecule has 174 valence electrons. The number of methoxy groups -OCH3 is 1. The molecule has 11 heteroatoms. The van der Waals surface area contributed by atoms with Gasteiger partial charge in [0.1, 0.15) is 5.75 Å². The van der Waals surface area contributed by atoms with Crippen molar-refractivity contribution in [3.63, 3.8) is 0 Å². The fraction of sp³-hybridized carbons (Fsp3) is 0.318. The molecule has 0 aromatic heterocycles. The highest BCUT2D eigenvalue weighted by Crippen LogP contribution is 2.36. The largest absolute Gasteiger partial charge is 0.494 e. The zero-order valence-corrected chi connectivity index (χ0v) is 19.8. The van der Waals surface area contributed by atoms with Gasteiger partial charge in [-0.2, -0.15) is 0 Å². The molecule has 0 aliphatic carbocycles. The summed E-state index contributed by atoms with van der Waals surface area (Å²) in [6.07, 6.45) is -0.105. The van der Waals surface area contributed by atoms with E-state index in [1.807, 2.05) is 13.8 Å². The molecule has 2 aromatic carbocycles. The lowest BCUT2D eigenvalue weighted by Gasteiger charge is -2.19. The maximum atomic E-state index is 12.5. The molecule has 1 N–H and O–H groups in total. The maximum Gasteiger partial charge on any atom is 0.311 e. The molecule has 1 atom stereocenters. The Morgan fingerprint density at radius 3 is 2.52 bits per heavy atom. The third-order valence-electron chi connectivity index (χ3n) is 5.19. The van der Waals surface area contributed by atoms with Crippen LogP contribution < -0.4 is 15.0 Å². The number of nitrogens with zero attached hydrogens (tertiary/aromatic N) is 2. The molecule has 2 amide bonds. The average Bonchev–Trinajstić information content (AvgIpc) is 3.16. The van der Waals surface area contributed by atoms with Crippen molar-refractivity contribution in [3.05, 3.63) is 56.0 Å². The summed E-state index contributed by atoms with van der Waals surface area (Å²) in [6.45, 7) is 3.32. The second kappa shape index (κ2) is 9.99. The van der Waals surface area contributed by atoms with E-state index in [1.165, 1.54) is 30.2 Å². The smallest absolute Gasteiger partial charge is 0.311 e. The highest BCUT2D eigenvalue weighted by atomic mass is 79.9. The Morgan fingerprint density at radius 2 is 1.91 bits per heavy atom. The number of halogens is 1. The molecule has 0 spiro atoms. The Morgan fingerprint density at radius 1 is 1.24 bits per heavy atom. The third-order valence-corrected chi connectivity index (χ3v) is 6.44. The SMILES string of the molecule is COc1cc([N+](=O)[O-])ccc1N1C[C@@H](C(=O)OCC(=O)Nc2cc(C)c(Br)c(C)c2)CC1=O. The number of anilines is 2. The van der Waals surface area contributed by atoms with E-state index in [2.05, 4.69) is 21.2 Å². The van der Waals surface area contributed by atoms with Gasteiger partial charge >= 0.3 is 5.97 Å². The van der Waals surface area contributed by atoms with Gasteiger partial charge in [-0.15, -0.1) is 0 Å². The zero-order valence-electron chi connectivity index (χ0n) is 18.2. The van der Waals surface area contributed by atoms with Crippen LogP contribution >= 0.6 is 15.9 Å². The molecule has 0 unspecified atom stereocenters. The number of carbonyl (C=O) groups is 3. The average molecular weight is 520 g/mol. The van der Waals surface area contributed by atoms with Gasteiger partial charge in [0.25, 0.3) is 11.6 Å². The molecule has 3 rings (SSSR count). The van der Waals surface area contributed by atoms with E-state index in [-0.39, 0.29) is 30.3 Å². The van der Waals surface area contributed by atoms with Crippen LogP contribution in [0.2, 0.25) is 0 Å². The third kappa shape index (κ3) is 5.48. The van der Waals surface area contributed by atoms with Crippen LogP contribution in [0.25, 0.3) is 0 Å². The molecule has 1 saturated heterocycles. The van der Waals surface area contributed by atoms with Crippen molar-refractivity contribution >= 4 is 50.8 Å². The van der Waals surface area contributed by atoms with Crippen molar-refractivity contribution in [3.8, 4) is 5.75 Å². The van der Waals surface area contributed by atoms with E-state index >= 15 is 0 Å². The van der Waals surface area contributed by atoms with Gasteiger partial charge in [-0.1, -0.05) is 15.9 Å². The van der Waals surface area contributed by atoms with Gasteiger partial charge in [0.15, 0.2) is 6.61 Å². The maximum absolute atomic E-state index is 12.5. The number of carbonyl (C=O) groups excluding carboxylic acids is 3. The van der Waals surface area contributed by atoms with Crippen molar-refractivity contribution in [2.24, 2.45) is 5.92 Å². The second-order valence-corrected chi connectivity index (χ2v) is 8.39. The van der Waals surface area contributed by atoms with Gasteiger partial charge in [0, 0.05) is 29.2 Å². The minimum atomic E-state index is -0.776. The Balaban J connectivity index is 1.60. The molecule has 2 aromatic rings. The molecule has 0 bridgehead atoms. The van der Waals surface area contributed by atoms with Crippen LogP contribution in [0.5, 0.6) is 5.75 Å². The van der Waals surface area contributed by atoms with Crippen LogP contribution in [-0.4, -0.2) is 43.0 Å². The van der Waals surface area contributed by atoms with Gasteiger partial charge in [-0.3, -0.25) is 24.5 Å². The van der Waals surface area contributed by atoms with E-state index in [0.717, 1.165) is 15.6 Å². The van der Waals surface area contributed by atoms with Gasteiger partial charge in [-0.25, -0.2) is 0 Å². The first-order chi connectivity index (χ1) is 15.6. The molecule has 0 radical (unpaired) electrons. The first-order valence-electron chi connectivity index (χ1n) is 9.96. The monoisotopic (exact) mass is 519 g/mol. The summed E-state index contributed by atoms with van der Waals surface area (Å²) in [5.74, 6) is -2.16. The summed E-state index contributed by atoms with van der Waals surface area (Å²) in [7, 11) is 1.34. The summed E-state index contributed by atoms with van der Waals surface area (Å²) < 4.78 is 11.3. The number of aryl methyl sites for hydroxylation is 2. The molecule has 1 heterocycles. The van der Waals surface area contributed by atoms with E-state index in [9.17, 15) is 24.5 Å². The summed E-state index contributed by atoms with van der Waals surface area (Å²) in [6, 6.07) is 7.46. The number of nitro groups is 1. The summed E-state index contributed by atoms with van der Waals surface area (Å²) >= 11 is 3.46. The molecule has 1 aliphatic heterocycles. The Hall–Kier alpha value is -3.47. The first-order valence-corrected chi connectivity index (χ1v) is 10.8.